The molecular formula is C14H27O5P. The average molecular weight is 306 g/mol. The SMILES string of the molecule is C=C(C)C(=O)OC(C)P(=O)(OCCCC)OCCCC. The lowest BCUT2D eigenvalue weighted by Gasteiger charge is -2.24. The van der Waals surface area contributed by atoms with Crippen LogP contribution in [0.15, 0.2) is 12.2 Å². The topological polar surface area (TPSA) is 61.8 Å². The molecule has 118 valence electrons. The highest BCUT2D eigenvalue weighted by Crippen LogP contribution is 2.53. The van der Waals surface area contributed by atoms with Crippen molar-refractivity contribution in [2.24, 2.45) is 0 Å². The van der Waals surface area contributed by atoms with E-state index in [1.165, 1.54) is 13.8 Å². The molecule has 0 aromatic carbocycles. The minimum Gasteiger partial charge on any atom is -0.446 e. The van der Waals surface area contributed by atoms with Crippen LogP contribution < -0.4 is 0 Å². The molecule has 5 nitrogen and oxygen atoms in total. The molecule has 20 heavy (non-hydrogen) atoms. The Labute approximate surface area is 122 Å². The second kappa shape index (κ2) is 10.1. The highest BCUT2D eigenvalue weighted by molar-refractivity contribution is 7.54. The molecule has 0 spiro atoms. The highest BCUT2D eigenvalue weighted by atomic mass is 31.2. The lowest BCUT2D eigenvalue weighted by molar-refractivity contribution is -0.141. The first-order chi connectivity index (χ1) is 9.37. The maximum atomic E-state index is 12.7. The summed E-state index contributed by atoms with van der Waals surface area (Å²) in [6.07, 6.45) is 3.41. The molecule has 0 radical (unpaired) electrons. The van der Waals surface area contributed by atoms with Gasteiger partial charge in [-0.3, -0.25) is 4.57 Å². The Kier molecular flexibility index (Phi) is 9.82. The van der Waals surface area contributed by atoms with E-state index in [-0.39, 0.29) is 5.57 Å². The summed E-state index contributed by atoms with van der Waals surface area (Å²) in [5.41, 5.74) is 0.255. The number of hydrogen-bond donors (Lipinski definition) is 0. The molecule has 0 aromatic rings. The predicted molar refractivity (Wildman–Crippen MR) is 79.7 cm³/mol. The fourth-order valence-electron chi connectivity index (χ4n) is 1.24. The summed E-state index contributed by atoms with van der Waals surface area (Å²) < 4.78 is 28.5. The van der Waals surface area contributed by atoms with E-state index >= 15 is 0 Å². The van der Waals surface area contributed by atoms with Crippen LogP contribution in [0.2, 0.25) is 0 Å². The summed E-state index contributed by atoms with van der Waals surface area (Å²) in [6.45, 7) is 11.2. The summed E-state index contributed by atoms with van der Waals surface area (Å²) in [6, 6.07) is 0. The van der Waals surface area contributed by atoms with Crippen molar-refractivity contribution in [3.05, 3.63) is 12.2 Å². The maximum Gasteiger partial charge on any atom is 0.370 e. The molecule has 0 aromatic heterocycles. The molecule has 1 unspecified atom stereocenters. The lowest BCUT2D eigenvalue weighted by atomic mass is 10.4. The van der Waals surface area contributed by atoms with E-state index in [4.69, 9.17) is 13.8 Å². The van der Waals surface area contributed by atoms with E-state index in [0.29, 0.717) is 13.2 Å². The fraction of sp³-hybridized carbons (Fsp3) is 0.786. The zero-order chi connectivity index (χ0) is 15.6. The van der Waals surface area contributed by atoms with Crippen LogP contribution in [0.5, 0.6) is 0 Å². The van der Waals surface area contributed by atoms with Crippen molar-refractivity contribution in [1.82, 2.24) is 0 Å². The van der Waals surface area contributed by atoms with Crippen LogP contribution >= 0.6 is 7.60 Å². The molecule has 0 aliphatic rings. The van der Waals surface area contributed by atoms with Gasteiger partial charge in [0.25, 0.3) is 0 Å². The Morgan fingerprint density at radius 2 is 1.60 bits per heavy atom. The third-order valence-corrected chi connectivity index (χ3v) is 4.69. The maximum absolute atomic E-state index is 12.7. The molecule has 0 fully saturated rings. The molecule has 1 atom stereocenters. The van der Waals surface area contributed by atoms with Gasteiger partial charge in [0.1, 0.15) is 0 Å². The van der Waals surface area contributed by atoms with Crippen molar-refractivity contribution >= 4 is 13.6 Å². The summed E-state index contributed by atoms with van der Waals surface area (Å²) in [5.74, 6) is -1.52. The van der Waals surface area contributed by atoms with Crippen LogP contribution in [0.4, 0.5) is 0 Å². The van der Waals surface area contributed by atoms with E-state index in [2.05, 4.69) is 6.58 Å². The van der Waals surface area contributed by atoms with Crippen molar-refractivity contribution in [3.63, 3.8) is 0 Å². The first-order valence-corrected chi connectivity index (χ1v) is 8.73. The van der Waals surface area contributed by atoms with Crippen molar-refractivity contribution in [3.8, 4) is 0 Å². The number of rotatable bonds is 11. The van der Waals surface area contributed by atoms with E-state index in [1.807, 2.05) is 13.8 Å². The molecule has 0 aliphatic heterocycles. The monoisotopic (exact) mass is 306 g/mol. The normalized spacial score (nSPS) is 13.0. The van der Waals surface area contributed by atoms with Crippen molar-refractivity contribution in [1.29, 1.82) is 0 Å². The molecule has 0 amide bonds. The number of ether oxygens (including phenoxy) is 1. The fourth-order valence-corrected chi connectivity index (χ4v) is 2.73. The minimum atomic E-state index is -3.45. The van der Waals surface area contributed by atoms with Crippen molar-refractivity contribution in [2.45, 2.75) is 59.2 Å². The first-order valence-electron chi connectivity index (χ1n) is 7.12. The second-order valence-electron chi connectivity index (χ2n) is 4.70. The molecule has 0 rings (SSSR count). The molecule has 0 heterocycles. The van der Waals surface area contributed by atoms with Gasteiger partial charge in [0.2, 0.25) is 0 Å². The summed E-state index contributed by atoms with van der Waals surface area (Å²) in [4.78, 5) is 11.5. The Balaban J connectivity index is 4.66. The quantitative estimate of drug-likeness (QED) is 0.247. The van der Waals surface area contributed by atoms with Gasteiger partial charge in [0, 0.05) is 5.57 Å². The van der Waals surface area contributed by atoms with Gasteiger partial charge in [-0.2, -0.15) is 0 Å². The third kappa shape index (κ3) is 7.22. The van der Waals surface area contributed by atoms with Gasteiger partial charge in [-0.25, -0.2) is 4.79 Å². The molecule has 0 bridgehead atoms. The summed E-state index contributed by atoms with van der Waals surface area (Å²) in [5, 5.41) is 0. The van der Waals surface area contributed by atoms with Crippen molar-refractivity contribution in [2.75, 3.05) is 13.2 Å². The Morgan fingerprint density at radius 1 is 1.15 bits per heavy atom. The molecule has 0 N–H and O–H groups in total. The van der Waals surface area contributed by atoms with E-state index in [9.17, 15) is 9.36 Å². The molecular weight excluding hydrogens is 279 g/mol. The number of carbonyl (C=O) groups is 1. The van der Waals surface area contributed by atoms with Crippen LogP contribution in [0.25, 0.3) is 0 Å². The standard InChI is InChI=1S/C14H27O5P/c1-6-8-10-17-20(16,18-11-9-7-2)13(5)19-14(15)12(3)4/h13H,3,6-11H2,1-2,4-5H3. The Hall–Kier alpha value is -0.640. The zero-order valence-electron chi connectivity index (χ0n) is 13.0. The number of unbranched alkanes of at least 4 members (excludes halogenated alkanes) is 2. The number of esters is 1. The highest BCUT2D eigenvalue weighted by Gasteiger charge is 2.35. The van der Waals surface area contributed by atoms with Crippen LogP contribution in [0.1, 0.15) is 53.4 Å². The van der Waals surface area contributed by atoms with Crippen LogP contribution in [-0.2, 0) is 23.1 Å². The van der Waals surface area contributed by atoms with Crippen LogP contribution in [0, 0.1) is 0 Å². The van der Waals surface area contributed by atoms with Gasteiger partial charge in [-0.15, -0.1) is 0 Å². The molecule has 6 heteroatoms. The van der Waals surface area contributed by atoms with Gasteiger partial charge in [0.15, 0.2) is 5.85 Å². The van der Waals surface area contributed by atoms with Gasteiger partial charge in [-0.05, 0) is 26.7 Å². The third-order valence-electron chi connectivity index (χ3n) is 2.61. The van der Waals surface area contributed by atoms with Crippen molar-refractivity contribution < 1.29 is 23.1 Å². The molecule has 0 saturated carbocycles. The number of carbonyl (C=O) groups excluding carboxylic acids is 1. The second-order valence-corrected chi connectivity index (χ2v) is 7.02. The molecule has 0 aliphatic carbocycles. The molecule has 0 saturated heterocycles. The summed E-state index contributed by atoms with van der Waals surface area (Å²) >= 11 is 0. The Morgan fingerprint density at radius 3 is 1.95 bits per heavy atom. The zero-order valence-corrected chi connectivity index (χ0v) is 13.9. The van der Waals surface area contributed by atoms with E-state index in [1.54, 1.807) is 0 Å². The summed E-state index contributed by atoms with van der Waals surface area (Å²) in [7, 11) is -3.45. The number of hydrogen-bond acceptors (Lipinski definition) is 5. The smallest absolute Gasteiger partial charge is 0.370 e. The van der Waals surface area contributed by atoms with Gasteiger partial charge < -0.3 is 13.8 Å². The lowest BCUT2D eigenvalue weighted by Crippen LogP contribution is -2.19. The Bertz CT molecular complexity index is 339. The average Bonchev–Trinajstić information content (AvgIpc) is 2.39. The van der Waals surface area contributed by atoms with Crippen LogP contribution in [-0.4, -0.2) is 25.0 Å². The first kappa shape index (κ1) is 19.4. The van der Waals surface area contributed by atoms with Gasteiger partial charge in [0.05, 0.1) is 13.2 Å². The van der Waals surface area contributed by atoms with Gasteiger partial charge >= 0.3 is 13.6 Å². The van der Waals surface area contributed by atoms with Gasteiger partial charge in [-0.1, -0.05) is 33.3 Å². The van der Waals surface area contributed by atoms with E-state index in [0.717, 1.165) is 25.7 Å². The van der Waals surface area contributed by atoms with Crippen LogP contribution in [0.3, 0.4) is 0 Å². The minimum absolute atomic E-state index is 0.255. The van der Waals surface area contributed by atoms with E-state index < -0.39 is 19.4 Å². The largest absolute Gasteiger partial charge is 0.446 e. The predicted octanol–water partition coefficient (Wildman–Crippen LogP) is 4.28.